The maximum Gasteiger partial charge on any atom is 0.146 e. The lowest BCUT2D eigenvalue weighted by Crippen LogP contribution is -2.24. The Morgan fingerprint density at radius 2 is 2.08 bits per heavy atom. The lowest BCUT2D eigenvalue weighted by atomic mass is 10.0. The molecule has 1 aliphatic rings. The van der Waals surface area contributed by atoms with E-state index < -0.39 is 0 Å². The Labute approximate surface area is 157 Å². The number of likely N-dealkylation sites (tertiary alicyclic amines) is 1. The van der Waals surface area contributed by atoms with E-state index in [1.807, 2.05) is 12.1 Å². The number of aryl methyl sites for hydroxylation is 2. The highest BCUT2D eigenvalue weighted by molar-refractivity contribution is 7.18. The van der Waals surface area contributed by atoms with Crippen LogP contribution < -0.4 is 10.5 Å². The number of ether oxygens (including phenoxy) is 1. The van der Waals surface area contributed by atoms with E-state index in [-0.39, 0.29) is 0 Å². The molecule has 3 aromatic rings. The molecule has 0 radical (unpaired) electrons. The van der Waals surface area contributed by atoms with Crippen LogP contribution in [0.5, 0.6) is 5.75 Å². The van der Waals surface area contributed by atoms with Gasteiger partial charge in [-0.05, 0) is 44.9 Å². The Kier molecular flexibility index (Phi) is 4.54. The first-order valence-electron chi connectivity index (χ1n) is 8.97. The molecule has 4 rings (SSSR count). The average Bonchev–Trinajstić information content (AvgIpc) is 3.19. The summed E-state index contributed by atoms with van der Waals surface area (Å²) in [4.78, 5) is 14.1. The summed E-state index contributed by atoms with van der Waals surface area (Å²) < 4.78 is 5.57. The van der Waals surface area contributed by atoms with Gasteiger partial charge in [-0.2, -0.15) is 0 Å². The van der Waals surface area contributed by atoms with Gasteiger partial charge in [0.1, 0.15) is 22.2 Å². The van der Waals surface area contributed by atoms with E-state index in [1.54, 1.807) is 18.4 Å². The van der Waals surface area contributed by atoms with Crippen molar-refractivity contribution in [2.75, 3.05) is 19.4 Å². The molecule has 3 heterocycles. The number of nitrogen functional groups attached to an aromatic ring is 1. The minimum absolute atomic E-state index is 0.332. The fourth-order valence-corrected chi connectivity index (χ4v) is 4.94. The maximum atomic E-state index is 6.25. The van der Waals surface area contributed by atoms with Gasteiger partial charge in [-0.3, -0.25) is 4.90 Å². The molecule has 0 bridgehead atoms. The van der Waals surface area contributed by atoms with Crippen LogP contribution in [0, 0.1) is 13.8 Å². The predicted octanol–water partition coefficient (Wildman–Crippen LogP) is 4.24. The predicted molar refractivity (Wildman–Crippen MR) is 107 cm³/mol. The standard InChI is InChI=1S/C20H24N4OS/c1-12-13(2)26-20-18(12)19(21)22-17(23-20)11-24-10-6-8-15(24)14-7-4-5-9-16(14)25-3/h4-5,7,9,15H,6,8,10-11H2,1-3H3,(H2,21,22,23). The van der Waals surface area contributed by atoms with Gasteiger partial charge < -0.3 is 10.5 Å². The van der Waals surface area contributed by atoms with Crippen molar-refractivity contribution in [2.45, 2.75) is 39.3 Å². The van der Waals surface area contributed by atoms with Crippen LogP contribution in [0.2, 0.25) is 0 Å². The molecular formula is C20H24N4OS. The van der Waals surface area contributed by atoms with Crippen LogP contribution in [0.1, 0.15) is 40.7 Å². The Hall–Kier alpha value is -2.18. The van der Waals surface area contributed by atoms with Gasteiger partial charge in [-0.15, -0.1) is 11.3 Å². The lowest BCUT2D eigenvalue weighted by Gasteiger charge is -2.25. The summed E-state index contributed by atoms with van der Waals surface area (Å²) in [6.07, 6.45) is 2.28. The van der Waals surface area contributed by atoms with Gasteiger partial charge in [-0.25, -0.2) is 9.97 Å². The van der Waals surface area contributed by atoms with E-state index in [4.69, 9.17) is 15.5 Å². The quantitative estimate of drug-likeness (QED) is 0.746. The molecule has 2 N–H and O–H groups in total. The highest BCUT2D eigenvalue weighted by Gasteiger charge is 2.29. The van der Waals surface area contributed by atoms with E-state index >= 15 is 0 Å². The lowest BCUT2D eigenvalue weighted by molar-refractivity contribution is 0.237. The van der Waals surface area contributed by atoms with Gasteiger partial charge in [0.05, 0.1) is 19.0 Å². The van der Waals surface area contributed by atoms with E-state index in [2.05, 4.69) is 35.9 Å². The second kappa shape index (κ2) is 6.85. The van der Waals surface area contributed by atoms with Crippen LogP contribution in [-0.4, -0.2) is 28.5 Å². The van der Waals surface area contributed by atoms with Crippen LogP contribution in [-0.2, 0) is 6.54 Å². The van der Waals surface area contributed by atoms with Crippen LogP contribution in [0.25, 0.3) is 10.2 Å². The molecule has 26 heavy (non-hydrogen) atoms. The summed E-state index contributed by atoms with van der Waals surface area (Å²) in [5, 5.41) is 1.01. The van der Waals surface area contributed by atoms with Crippen LogP contribution >= 0.6 is 11.3 Å². The smallest absolute Gasteiger partial charge is 0.146 e. The van der Waals surface area contributed by atoms with E-state index in [9.17, 15) is 0 Å². The summed E-state index contributed by atoms with van der Waals surface area (Å²) in [6.45, 7) is 5.94. The number of thiophene rings is 1. The highest BCUT2D eigenvalue weighted by Crippen LogP contribution is 2.38. The number of hydrogen-bond acceptors (Lipinski definition) is 6. The fraction of sp³-hybridized carbons (Fsp3) is 0.400. The molecule has 1 atom stereocenters. The largest absolute Gasteiger partial charge is 0.496 e. The molecule has 1 aromatic carbocycles. The SMILES string of the molecule is COc1ccccc1C1CCCN1Cc1nc(N)c2c(C)c(C)sc2n1. The molecule has 1 fully saturated rings. The second-order valence-electron chi connectivity index (χ2n) is 6.86. The third kappa shape index (κ3) is 2.93. The van der Waals surface area contributed by atoms with Gasteiger partial charge in [0.2, 0.25) is 0 Å². The maximum absolute atomic E-state index is 6.25. The molecule has 2 aromatic heterocycles. The number of rotatable bonds is 4. The van der Waals surface area contributed by atoms with Gasteiger partial charge in [0.25, 0.3) is 0 Å². The van der Waals surface area contributed by atoms with Crippen LogP contribution in [0.15, 0.2) is 24.3 Å². The van der Waals surface area contributed by atoms with E-state index in [0.717, 1.165) is 41.2 Å². The van der Waals surface area contributed by atoms with Crippen LogP contribution in [0.3, 0.4) is 0 Å². The molecule has 1 unspecified atom stereocenters. The molecule has 6 heteroatoms. The summed E-state index contributed by atoms with van der Waals surface area (Å²) in [5.41, 5.74) is 8.69. The molecule has 136 valence electrons. The topological polar surface area (TPSA) is 64.3 Å². The second-order valence-corrected chi connectivity index (χ2v) is 8.06. The molecule has 0 amide bonds. The number of nitrogens with two attached hydrogens (primary N) is 1. The van der Waals surface area contributed by atoms with Crippen molar-refractivity contribution in [1.82, 2.24) is 14.9 Å². The molecule has 1 saturated heterocycles. The minimum atomic E-state index is 0.332. The van der Waals surface area contributed by atoms with Crippen molar-refractivity contribution < 1.29 is 4.74 Å². The van der Waals surface area contributed by atoms with Gasteiger partial charge in [-0.1, -0.05) is 18.2 Å². The van der Waals surface area contributed by atoms with Crippen molar-refractivity contribution in [3.05, 3.63) is 46.1 Å². The van der Waals surface area contributed by atoms with Crippen molar-refractivity contribution in [3.63, 3.8) is 0 Å². The normalized spacial score (nSPS) is 17.9. The number of para-hydroxylation sites is 1. The zero-order chi connectivity index (χ0) is 18.3. The molecule has 5 nitrogen and oxygen atoms in total. The van der Waals surface area contributed by atoms with Crippen molar-refractivity contribution in [1.29, 1.82) is 0 Å². The highest BCUT2D eigenvalue weighted by atomic mass is 32.1. The summed E-state index contributed by atoms with van der Waals surface area (Å²) >= 11 is 1.70. The van der Waals surface area contributed by atoms with Crippen molar-refractivity contribution in [2.24, 2.45) is 0 Å². The number of aromatic nitrogens is 2. The number of fused-ring (bicyclic) bond motifs is 1. The minimum Gasteiger partial charge on any atom is -0.496 e. The van der Waals surface area contributed by atoms with E-state index in [0.29, 0.717) is 18.4 Å². The van der Waals surface area contributed by atoms with E-state index in [1.165, 1.54) is 16.0 Å². The molecule has 0 saturated carbocycles. The number of hydrogen-bond donors (Lipinski definition) is 1. The summed E-state index contributed by atoms with van der Waals surface area (Å²) in [7, 11) is 1.73. The van der Waals surface area contributed by atoms with Crippen LogP contribution in [0.4, 0.5) is 5.82 Å². The molecule has 0 spiro atoms. The number of benzene rings is 1. The van der Waals surface area contributed by atoms with Crippen molar-refractivity contribution >= 4 is 27.4 Å². The summed E-state index contributed by atoms with van der Waals surface area (Å²) in [5.74, 6) is 2.35. The van der Waals surface area contributed by atoms with Gasteiger partial charge >= 0.3 is 0 Å². The number of methoxy groups -OCH3 is 1. The zero-order valence-electron chi connectivity index (χ0n) is 15.5. The monoisotopic (exact) mass is 368 g/mol. The molecule has 0 aliphatic carbocycles. The third-order valence-corrected chi connectivity index (χ3v) is 6.41. The van der Waals surface area contributed by atoms with Gasteiger partial charge in [0, 0.05) is 16.5 Å². The Morgan fingerprint density at radius 3 is 2.88 bits per heavy atom. The number of nitrogens with zero attached hydrogens (tertiary/aromatic N) is 3. The first-order chi connectivity index (χ1) is 12.6. The van der Waals surface area contributed by atoms with Crippen molar-refractivity contribution in [3.8, 4) is 5.75 Å². The van der Waals surface area contributed by atoms with Gasteiger partial charge in [0.15, 0.2) is 0 Å². The Morgan fingerprint density at radius 1 is 1.27 bits per heavy atom. The molecular weight excluding hydrogens is 344 g/mol. The fourth-order valence-electron chi connectivity index (χ4n) is 3.89. The summed E-state index contributed by atoms with van der Waals surface area (Å²) in [6, 6.07) is 8.61. The molecule has 1 aliphatic heterocycles. The average molecular weight is 369 g/mol. The number of anilines is 1. The Bertz CT molecular complexity index is 952. The Balaban J connectivity index is 1.65. The third-order valence-electron chi connectivity index (χ3n) is 5.31. The zero-order valence-corrected chi connectivity index (χ0v) is 16.3. The first kappa shape index (κ1) is 17.2. The first-order valence-corrected chi connectivity index (χ1v) is 9.79.